The number of anilines is 1. The monoisotopic (exact) mass is 331 g/mol. The van der Waals surface area contributed by atoms with Crippen LogP contribution in [0.25, 0.3) is 11.1 Å². The predicted molar refractivity (Wildman–Crippen MR) is 96.6 cm³/mol. The minimum atomic E-state index is -0.158. The minimum Gasteiger partial charge on any atom is -0.494 e. The van der Waals surface area contributed by atoms with E-state index in [9.17, 15) is 4.79 Å². The van der Waals surface area contributed by atoms with Crippen molar-refractivity contribution in [1.82, 2.24) is 0 Å². The Bertz CT molecular complexity index is 754. The maximum absolute atomic E-state index is 11.5. The van der Waals surface area contributed by atoms with Gasteiger partial charge in [0.15, 0.2) is 5.75 Å². The Balaban J connectivity index is 2.86. The van der Waals surface area contributed by atoms with Crippen molar-refractivity contribution in [3.63, 3.8) is 0 Å². The number of amides is 1. The highest BCUT2D eigenvalue weighted by atomic mass is 35.5. The van der Waals surface area contributed by atoms with Crippen LogP contribution in [-0.4, -0.2) is 13.0 Å². The fraction of sp³-hybridized carbons (Fsp3) is 0.316. The molecule has 0 fully saturated rings. The Hall–Kier alpha value is -2.00. The molecule has 0 aliphatic rings. The number of hydrogen-bond donors (Lipinski definition) is 1. The number of carbonyl (C=O) groups excluding carboxylic acids is 1. The maximum Gasteiger partial charge on any atom is 0.221 e. The van der Waals surface area contributed by atoms with Gasteiger partial charge in [0.25, 0.3) is 0 Å². The first-order chi connectivity index (χ1) is 10.9. The smallest absolute Gasteiger partial charge is 0.221 e. The van der Waals surface area contributed by atoms with Crippen molar-refractivity contribution in [2.24, 2.45) is 0 Å². The number of ether oxygens (including phenoxy) is 1. The van der Waals surface area contributed by atoms with Crippen LogP contribution in [0.2, 0.25) is 5.02 Å². The van der Waals surface area contributed by atoms with Crippen molar-refractivity contribution in [3.8, 4) is 16.9 Å². The van der Waals surface area contributed by atoms with E-state index in [4.69, 9.17) is 16.3 Å². The molecule has 2 rings (SSSR count). The highest BCUT2D eigenvalue weighted by Crippen LogP contribution is 2.45. The molecule has 0 aliphatic heterocycles. The molecule has 122 valence electrons. The second kappa shape index (κ2) is 7.05. The van der Waals surface area contributed by atoms with Gasteiger partial charge in [-0.25, -0.2) is 0 Å². The van der Waals surface area contributed by atoms with Gasteiger partial charge < -0.3 is 10.1 Å². The van der Waals surface area contributed by atoms with Crippen LogP contribution in [0.15, 0.2) is 24.3 Å². The molecule has 1 N–H and O–H groups in total. The van der Waals surface area contributed by atoms with Crippen molar-refractivity contribution >= 4 is 23.2 Å². The molecule has 0 aromatic heterocycles. The van der Waals surface area contributed by atoms with Gasteiger partial charge in [-0.2, -0.15) is 0 Å². The van der Waals surface area contributed by atoms with Crippen LogP contribution in [0.1, 0.15) is 30.5 Å². The topological polar surface area (TPSA) is 38.3 Å². The third-order valence-electron chi connectivity index (χ3n) is 3.98. The molecule has 23 heavy (non-hydrogen) atoms. The van der Waals surface area contributed by atoms with E-state index >= 15 is 0 Å². The van der Waals surface area contributed by atoms with Gasteiger partial charge in [-0.15, -0.1) is 0 Å². The first-order valence-corrected chi connectivity index (χ1v) is 8.02. The lowest BCUT2D eigenvalue weighted by Gasteiger charge is -2.21. The van der Waals surface area contributed by atoms with Gasteiger partial charge in [0.2, 0.25) is 5.91 Å². The summed E-state index contributed by atoms with van der Waals surface area (Å²) in [4.78, 5) is 11.5. The third kappa shape index (κ3) is 3.35. The van der Waals surface area contributed by atoms with Crippen LogP contribution in [0.3, 0.4) is 0 Å². The van der Waals surface area contributed by atoms with Gasteiger partial charge in [-0.3, -0.25) is 4.79 Å². The summed E-state index contributed by atoms with van der Waals surface area (Å²) in [5, 5.41) is 3.42. The summed E-state index contributed by atoms with van der Waals surface area (Å²) in [6, 6.07) is 7.98. The number of aryl methyl sites for hydroxylation is 2. The van der Waals surface area contributed by atoms with Gasteiger partial charge in [-0.05, 0) is 48.6 Å². The molecule has 0 saturated heterocycles. The molecule has 0 saturated carbocycles. The van der Waals surface area contributed by atoms with Crippen molar-refractivity contribution in [3.05, 3.63) is 46.0 Å². The number of nitrogens with one attached hydrogen (secondary N) is 1. The van der Waals surface area contributed by atoms with E-state index < -0.39 is 0 Å². The first kappa shape index (κ1) is 17.4. The predicted octanol–water partition coefficient (Wildman–Crippen LogP) is 5.15. The summed E-state index contributed by atoms with van der Waals surface area (Å²) in [6.45, 7) is 7.65. The average molecular weight is 332 g/mol. The zero-order valence-electron chi connectivity index (χ0n) is 14.2. The Labute approximate surface area is 142 Å². The largest absolute Gasteiger partial charge is 0.494 e. The minimum absolute atomic E-state index is 0.158. The van der Waals surface area contributed by atoms with E-state index in [1.807, 2.05) is 6.92 Å². The third-order valence-corrected chi connectivity index (χ3v) is 4.37. The molecule has 0 bridgehead atoms. The second-order valence-corrected chi connectivity index (χ2v) is 5.99. The molecule has 0 heterocycles. The lowest BCUT2D eigenvalue weighted by atomic mass is 9.90. The SMILES string of the molecule is CCc1cccc(C)c1-c1c(C)c(Cl)cc(NC(C)=O)c1OC. The van der Waals surface area contributed by atoms with E-state index in [-0.39, 0.29) is 5.91 Å². The summed E-state index contributed by atoms with van der Waals surface area (Å²) in [5.41, 5.74) is 5.99. The normalized spacial score (nSPS) is 10.5. The van der Waals surface area contributed by atoms with E-state index in [2.05, 4.69) is 37.4 Å². The van der Waals surface area contributed by atoms with Crippen LogP contribution >= 0.6 is 11.6 Å². The average Bonchev–Trinajstić information content (AvgIpc) is 2.50. The molecule has 0 radical (unpaired) electrons. The van der Waals surface area contributed by atoms with Crippen LogP contribution in [0.5, 0.6) is 5.75 Å². The summed E-state index contributed by atoms with van der Waals surface area (Å²) >= 11 is 6.42. The van der Waals surface area contributed by atoms with Gasteiger partial charge in [-0.1, -0.05) is 36.7 Å². The molecule has 0 unspecified atom stereocenters. The van der Waals surface area contributed by atoms with E-state index in [0.717, 1.165) is 28.7 Å². The lowest BCUT2D eigenvalue weighted by molar-refractivity contribution is -0.114. The summed E-state index contributed by atoms with van der Waals surface area (Å²) in [7, 11) is 1.61. The van der Waals surface area contributed by atoms with E-state index in [1.165, 1.54) is 12.5 Å². The van der Waals surface area contributed by atoms with Crippen molar-refractivity contribution in [2.75, 3.05) is 12.4 Å². The number of methoxy groups -OCH3 is 1. The Kier molecular flexibility index (Phi) is 5.32. The zero-order valence-corrected chi connectivity index (χ0v) is 15.0. The molecule has 0 atom stereocenters. The van der Waals surface area contributed by atoms with E-state index in [0.29, 0.717) is 16.5 Å². The number of hydrogen-bond acceptors (Lipinski definition) is 2. The molecule has 0 spiro atoms. The molecule has 0 aliphatic carbocycles. The number of carbonyl (C=O) groups is 1. The van der Waals surface area contributed by atoms with Crippen molar-refractivity contribution in [2.45, 2.75) is 34.1 Å². The van der Waals surface area contributed by atoms with Gasteiger partial charge >= 0.3 is 0 Å². The lowest BCUT2D eigenvalue weighted by Crippen LogP contribution is -2.09. The number of halogens is 1. The highest BCUT2D eigenvalue weighted by Gasteiger charge is 2.21. The second-order valence-electron chi connectivity index (χ2n) is 5.58. The Morgan fingerprint density at radius 1 is 1.26 bits per heavy atom. The molecule has 3 nitrogen and oxygen atoms in total. The van der Waals surface area contributed by atoms with Crippen LogP contribution in [0, 0.1) is 13.8 Å². The molecule has 1 amide bonds. The summed E-state index contributed by atoms with van der Waals surface area (Å²) in [5.74, 6) is 0.487. The maximum atomic E-state index is 11.5. The van der Waals surface area contributed by atoms with Crippen molar-refractivity contribution < 1.29 is 9.53 Å². The highest BCUT2D eigenvalue weighted by molar-refractivity contribution is 6.32. The van der Waals surface area contributed by atoms with E-state index in [1.54, 1.807) is 13.2 Å². The molecular formula is C19H22ClNO2. The molecule has 2 aromatic rings. The first-order valence-electron chi connectivity index (χ1n) is 7.64. The van der Waals surface area contributed by atoms with Gasteiger partial charge in [0, 0.05) is 17.5 Å². The van der Waals surface area contributed by atoms with Crippen LogP contribution in [-0.2, 0) is 11.2 Å². The molecule has 4 heteroatoms. The molecule has 2 aromatic carbocycles. The molecular weight excluding hydrogens is 310 g/mol. The number of benzene rings is 2. The quantitative estimate of drug-likeness (QED) is 0.841. The standard InChI is InChI=1S/C19H22ClNO2/c1-6-14-9-7-8-11(2)17(14)18-12(3)15(20)10-16(19(18)23-5)21-13(4)22/h7-10H,6H2,1-5H3,(H,21,22). The Morgan fingerprint density at radius 3 is 2.52 bits per heavy atom. The van der Waals surface area contributed by atoms with Crippen LogP contribution in [0.4, 0.5) is 5.69 Å². The van der Waals surface area contributed by atoms with Crippen molar-refractivity contribution in [1.29, 1.82) is 0 Å². The number of rotatable bonds is 4. The van der Waals surface area contributed by atoms with Crippen LogP contribution < -0.4 is 10.1 Å². The fourth-order valence-electron chi connectivity index (χ4n) is 2.90. The summed E-state index contributed by atoms with van der Waals surface area (Å²) < 4.78 is 5.65. The van der Waals surface area contributed by atoms with Gasteiger partial charge in [0.05, 0.1) is 12.8 Å². The Morgan fingerprint density at radius 2 is 1.96 bits per heavy atom. The zero-order chi connectivity index (χ0) is 17.1. The van der Waals surface area contributed by atoms with Gasteiger partial charge in [0.1, 0.15) is 0 Å². The fourth-order valence-corrected chi connectivity index (χ4v) is 3.10. The summed E-state index contributed by atoms with van der Waals surface area (Å²) in [6.07, 6.45) is 0.904.